The van der Waals surface area contributed by atoms with Crippen LogP contribution >= 0.6 is 0 Å². The van der Waals surface area contributed by atoms with Crippen molar-refractivity contribution in [3.05, 3.63) is 22.6 Å². The Morgan fingerprint density at radius 2 is 2.35 bits per heavy atom. The van der Waals surface area contributed by atoms with Crippen LogP contribution in [0.15, 0.2) is 17.1 Å². The zero-order chi connectivity index (χ0) is 12.3. The van der Waals surface area contributed by atoms with Crippen molar-refractivity contribution in [1.29, 1.82) is 0 Å². The Labute approximate surface area is 102 Å². The third kappa shape index (κ3) is 3.58. The molecule has 1 heterocycles. The van der Waals surface area contributed by atoms with Crippen molar-refractivity contribution in [3.8, 4) is 0 Å². The van der Waals surface area contributed by atoms with Crippen LogP contribution in [-0.4, -0.2) is 15.8 Å². The van der Waals surface area contributed by atoms with Crippen LogP contribution in [0.25, 0.3) is 0 Å². The number of anilines is 1. The Kier molecular flexibility index (Phi) is 3.82. The number of rotatable bonds is 6. The molecule has 0 radical (unpaired) electrons. The fraction of sp³-hybridized carbons (Fsp3) is 0.692. The molecule has 1 aliphatic rings. The van der Waals surface area contributed by atoms with Gasteiger partial charge in [0, 0.05) is 18.7 Å². The molecule has 1 saturated carbocycles. The van der Waals surface area contributed by atoms with E-state index in [0.29, 0.717) is 12.0 Å². The first kappa shape index (κ1) is 12.1. The number of nitrogens with zero attached hydrogens (tertiary/aromatic N) is 2. The summed E-state index contributed by atoms with van der Waals surface area (Å²) in [5.74, 6) is 0.507. The lowest BCUT2D eigenvalue weighted by atomic mass is 10.1. The number of hydrogen-bond donors (Lipinski definition) is 1. The Bertz CT molecular complexity index is 423. The summed E-state index contributed by atoms with van der Waals surface area (Å²) >= 11 is 0. The first-order chi connectivity index (χ1) is 8.19. The van der Waals surface area contributed by atoms with Crippen LogP contribution in [0.4, 0.5) is 5.69 Å². The SMILES string of the molecule is CCCC(C)Cn1ncc(NC2CC2)cc1=O. The molecule has 0 saturated heterocycles. The summed E-state index contributed by atoms with van der Waals surface area (Å²) in [7, 11) is 0. The molecule has 0 aliphatic heterocycles. The second-order valence-electron chi connectivity index (χ2n) is 5.08. The molecule has 94 valence electrons. The normalized spacial score (nSPS) is 16.8. The maximum Gasteiger partial charge on any atom is 0.268 e. The molecule has 1 fully saturated rings. The van der Waals surface area contributed by atoms with Gasteiger partial charge < -0.3 is 5.32 Å². The molecule has 1 aromatic rings. The summed E-state index contributed by atoms with van der Waals surface area (Å²) < 4.78 is 1.57. The highest BCUT2D eigenvalue weighted by atomic mass is 16.1. The molecular weight excluding hydrogens is 214 g/mol. The molecule has 17 heavy (non-hydrogen) atoms. The molecule has 1 aromatic heterocycles. The largest absolute Gasteiger partial charge is 0.381 e. The van der Waals surface area contributed by atoms with E-state index in [0.717, 1.165) is 25.1 Å². The molecule has 1 atom stereocenters. The van der Waals surface area contributed by atoms with E-state index in [-0.39, 0.29) is 5.56 Å². The predicted molar refractivity (Wildman–Crippen MR) is 69.2 cm³/mol. The van der Waals surface area contributed by atoms with E-state index < -0.39 is 0 Å². The Morgan fingerprint density at radius 3 is 2.94 bits per heavy atom. The summed E-state index contributed by atoms with van der Waals surface area (Å²) in [6.45, 7) is 5.04. The molecule has 2 rings (SSSR count). The van der Waals surface area contributed by atoms with Gasteiger partial charge in [-0.15, -0.1) is 0 Å². The maximum atomic E-state index is 11.8. The van der Waals surface area contributed by atoms with Crippen molar-refractivity contribution in [3.63, 3.8) is 0 Å². The number of hydrogen-bond acceptors (Lipinski definition) is 3. The number of aromatic nitrogens is 2. The van der Waals surface area contributed by atoms with Crippen molar-refractivity contribution in [1.82, 2.24) is 9.78 Å². The van der Waals surface area contributed by atoms with E-state index in [1.807, 2.05) is 0 Å². The number of nitrogens with one attached hydrogen (secondary N) is 1. The van der Waals surface area contributed by atoms with Gasteiger partial charge in [0.05, 0.1) is 11.9 Å². The summed E-state index contributed by atoms with van der Waals surface area (Å²) in [5.41, 5.74) is 0.857. The van der Waals surface area contributed by atoms with Gasteiger partial charge >= 0.3 is 0 Å². The monoisotopic (exact) mass is 235 g/mol. The van der Waals surface area contributed by atoms with Crippen molar-refractivity contribution in [2.24, 2.45) is 5.92 Å². The van der Waals surface area contributed by atoms with Gasteiger partial charge in [0.1, 0.15) is 0 Å². The summed E-state index contributed by atoms with van der Waals surface area (Å²) in [4.78, 5) is 11.8. The first-order valence-corrected chi connectivity index (χ1v) is 6.52. The van der Waals surface area contributed by atoms with E-state index in [9.17, 15) is 4.79 Å². The summed E-state index contributed by atoms with van der Waals surface area (Å²) in [6.07, 6.45) is 6.46. The van der Waals surface area contributed by atoms with Gasteiger partial charge in [0.2, 0.25) is 0 Å². The van der Waals surface area contributed by atoms with Gasteiger partial charge in [0.25, 0.3) is 5.56 Å². The van der Waals surface area contributed by atoms with Crippen LogP contribution in [0.2, 0.25) is 0 Å². The molecule has 0 amide bonds. The topological polar surface area (TPSA) is 46.9 Å². The third-order valence-electron chi connectivity index (χ3n) is 3.08. The smallest absolute Gasteiger partial charge is 0.268 e. The van der Waals surface area contributed by atoms with Crippen LogP contribution in [0.5, 0.6) is 0 Å². The molecule has 1 unspecified atom stereocenters. The summed E-state index contributed by atoms with van der Waals surface area (Å²) in [6, 6.07) is 2.22. The van der Waals surface area contributed by atoms with Gasteiger partial charge in [-0.3, -0.25) is 4.79 Å². The van der Waals surface area contributed by atoms with Crippen molar-refractivity contribution in [2.45, 2.75) is 52.1 Å². The van der Waals surface area contributed by atoms with E-state index >= 15 is 0 Å². The fourth-order valence-corrected chi connectivity index (χ4v) is 1.99. The van der Waals surface area contributed by atoms with E-state index in [2.05, 4.69) is 24.3 Å². The molecular formula is C13H21N3O. The van der Waals surface area contributed by atoms with Gasteiger partial charge in [-0.1, -0.05) is 20.3 Å². The highest BCUT2D eigenvalue weighted by molar-refractivity contribution is 5.41. The molecule has 4 nitrogen and oxygen atoms in total. The van der Waals surface area contributed by atoms with Crippen LogP contribution in [-0.2, 0) is 6.54 Å². The molecule has 0 spiro atoms. The third-order valence-corrected chi connectivity index (χ3v) is 3.08. The highest BCUT2D eigenvalue weighted by Gasteiger charge is 2.21. The zero-order valence-electron chi connectivity index (χ0n) is 10.6. The van der Waals surface area contributed by atoms with E-state index in [4.69, 9.17) is 0 Å². The molecule has 4 heteroatoms. The lowest BCUT2D eigenvalue weighted by Crippen LogP contribution is -2.25. The van der Waals surface area contributed by atoms with Gasteiger partial charge in [0.15, 0.2) is 0 Å². The van der Waals surface area contributed by atoms with Crippen LogP contribution < -0.4 is 10.9 Å². The quantitative estimate of drug-likeness (QED) is 0.822. The second-order valence-corrected chi connectivity index (χ2v) is 5.08. The van der Waals surface area contributed by atoms with Crippen LogP contribution in [0.3, 0.4) is 0 Å². The Hall–Kier alpha value is -1.32. The fourth-order valence-electron chi connectivity index (χ4n) is 1.99. The zero-order valence-corrected chi connectivity index (χ0v) is 10.6. The van der Waals surface area contributed by atoms with Crippen molar-refractivity contribution in [2.75, 3.05) is 5.32 Å². The first-order valence-electron chi connectivity index (χ1n) is 6.52. The highest BCUT2D eigenvalue weighted by Crippen LogP contribution is 2.23. The molecule has 1 N–H and O–H groups in total. The minimum atomic E-state index is -0.00129. The van der Waals surface area contributed by atoms with E-state index in [1.165, 1.54) is 12.8 Å². The van der Waals surface area contributed by atoms with Gasteiger partial charge in [-0.05, 0) is 25.2 Å². The average Bonchev–Trinajstić information content (AvgIpc) is 3.06. The van der Waals surface area contributed by atoms with Gasteiger partial charge in [-0.2, -0.15) is 5.10 Å². The minimum Gasteiger partial charge on any atom is -0.381 e. The maximum absolute atomic E-state index is 11.8. The van der Waals surface area contributed by atoms with Crippen molar-refractivity contribution < 1.29 is 0 Å². The molecule has 0 aromatic carbocycles. The summed E-state index contributed by atoms with van der Waals surface area (Å²) in [5, 5.41) is 7.51. The second kappa shape index (κ2) is 5.34. The molecule has 0 bridgehead atoms. The Morgan fingerprint density at radius 1 is 1.59 bits per heavy atom. The standard InChI is InChI=1S/C13H21N3O/c1-3-4-10(2)9-16-13(17)7-12(8-14-16)15-11-5-6-11/h7-8,10-11,15H,3-6,9H2,1-2H3. The van der Waals surface area contributed by atoms with Gasteiger partial charge in [-0.25, -0.2) is 4.68 Å². The predicted octanol–water partition coefficient (Wildman–Crippen LogP) is 2.25. The lowest BCUT2D eigenvalue weighted by molar-refractivity contribution is 0.408. The van der Waals surface area contributed by atoms with Crippen molar-refractivity contribution >= 4 is 5.69 Å². The van der Waals surface area contributed by atoms with Crippen LogP contribution in [0.1, 0.15) is 39.5 Å². The minimum absolute atomic E-state index is 0.00129. The van der Waals surface area contributed by atoms with Crippen LogP contribution in [0, 0.1) is 5.92 Å². The lowest BCUT2D eigenvalue weighted by Gasteiger charge is -2.12. The average molecular weight is 235 g/mol. The Balaban J connectivity index is 2.00. The van der Waals surface area contributed by atoms with E-state index in [1.54, 1.807) is 16.9 Å². The molecule has 1 aliphatic carbocycles.